The van der Waals surface area contributed by atoms with Crippen LogP contribution in [-0.2, 0) is 9.53 Å². The Balaban J connectivity index is 1.76. The second kappa shape index (κ2) is 6.57. The van der Waals surface area contributed by atoms with Gasteiger partial charge in [-0.05, 0) is 38.8 Å². The number of amides is 1. The van der Waals surface area contributed by atoms with Gasteiger partial charge in [-0.25, -0.2) is 0 Å². The van der Waals surface area contributed by atoms with Crippen LogP contribution in [0.25, 0.3) is 0 Å². The van der Waals surface area contributed by atoms with E-state index >= 15 is 0 Å². The molecule has 0 radical (unpaired) electrons. The number of aryl methyl sites for hydroxylation is 1. The van der Waals surface area contributed by atoms with Gasteiger partial charge in [0.15, 0.2) is 6.10 Å². The minimum Gasteiger partial charge on any atom is -0.481 e. The van der Waals surface area contributed by atoms with Gasteiger partial charge in [0.25, 0.3) is 5.91 Å². The lowest BCUT2D eigenvalue weighted by molar-refractivity contribution is -0.127. The van der Waals surface area contributed by atoms with Crippen molar-refractivity contribution in [2.24, 2.45) is 0 Å². The highest BCUT2D eigenvalue weighted by atomic mass is 16.5. The van der Waals surface area contributed by atoms with E-state index in [2.05, 4.69) is 5.32 Å². The smallest absolute Gasteiger partial charge is 0.260 e. The van der Waals surface area contributed by atoms with Crippen molar-refractivity contribution < 1.29 is 14.3 Å². The number of carbonyl (C=O) groups excluding carboxylic acids is 1. The fourth-order valence-corrected chi connectivity index (χ4v) is 2.04. The molecule has 1 amide bonds. The van der Waals surface area contributed by atoms with E-state index in [1.54, 1.807) is 6.92 Å². The van der Waals surface area contributed by atoms with Crippen LogP contribution in [0, 0.1) is 6.92 Å². The zero-order valence-electron chi connectivity index (χ0n) is 11.5. The topological polar surface area (TPSA) is 47.6 Å². The average molecular weight is 263 g/mol. The molecular weight excluding hydrogens is 242 g/mol. The van der Waals surface area contributed by atoms with E-state index in [0.29, 0.717) is 12.3 Å². The van der Waals surface area contributed by atoms with Crippen molar-refractivity contribution in [3.05, 3.63) is 29.8 Å². The quantitative estimate of drug-likeness (QED) is 0.884. The zero-order chi connectivity index (χ0) is 13.7. The van der Waals surface area contributed by atoms with Crippen molar-refractivity contribution in [1.82, 2.24) is 5.32 Å². The molecule has 2 atom stereocenters. The van der Waals surface area contributed by atoms with E-state index < -0.39 is 6.10 Å². The Bertz CT molecular complexity index is 410. The van der Waals surface area contributed by atoms with Gasteiger partial charge in [0, 0.05) is 13.2 Å². The van der Waals surface area contributed by atoms with E-state index in [-0.39, 0.29) is 12.0 Å². The minimum atomic E-state index is -0.496. The van der Waals surface area contributed by atoms with Crippen molar-refractivity contribution >= 4 is 5.91 Å². The molecule has 0 saturated carbocycles. The van der Waals surface area contributed by atoms with E-state index in [0.717, 1.165) is 19.4 Å². The lowest BCUT2D eigenvalue weighted by Gasteiger charge is -2.16. The number of benzene rings is 1. The maximum atomic E-state index is 11.9. The van der Waals surface area contributed by atoms with E-state index in [4.69, 9.17) is 9.47 Å². The number of nitrogens with one attached hydrogen (secondary N) is 1. The standard InChI is InChI=1S/C15H21NO3/c1-11-5-7-13(8-6-11)19-12(2)15(17)16-10-14-4-3-9-18-14/h5-8,12,14H,3-4,9-10H2,1-2H3,(H,16,17)/t12-,14-/m1/s1. The molecule has 1 heterocycles. The van der Waals surface area contributed by atoms with Gasteiger partial charge < -0.3 is 14.8 Å². The molecule has 4 heteroatoms. The highest BCUT2D eigenvalue weighted by Crippen LogP contribution is 2.14. The highest BCUT2D eigenvalue weighted by molar-refractivity contribution is 5.80. The van der Waals surface area contributed by atoms with Crippen LogP contribution in [0.4, 0.5) is 0 Å². The summed E-state index contributed by atoms with van der Waals surface area (Å²) in [6, 6.07) is 7.68. The molecule has 1 aromatic rings. The van der Waals surface area contributed by atoms with E-state index in [1.807, 2.05) is 31.2 Å². The van der Waals surface area contributed by atoms with Gasteiger partial charge >= 0.3 is 0 Å². The normalized spacial score (nSPS) is 20.0. The summed E-state index contributed by atoms with van der Waals surface area (Å²) in [5, 5.41) is 2.87. The summed E-state index contributed by atoms with van der Waals surface area (Å²) < 4.78 is 11.1. The highest BCUT2D eigenvalue weighted by Gasteiger charge is 2.19. The van der Waals surface area contributed by atoms with Crippen LogP contribution in [0.3, 0.4) is 0 Å². The summed E-state index contributed by atoms with van der Waals surface area (Å²) in [5.74, 6) is 0.612. The first-order chi connectivity index (χ1) is 9.15. The molecule has 1 aliphatic rings. The van der Waals surface area contributed by atoms with Crippen LogP contribution < -0.4 is 10.1 Å². The molecule has 104 valence electrons. The molecule has 1 saturated heterocycles. The predicted octanol–water partition coefficient (Wildman–Crippen LogP) is 2.06. The van der Waals surface area contributed by atoms with Crippen LogP contribution in [0.15, 0.2) is 24.3 Å². The second-order valence-electron chi connectivity index (χ2n) is 4.95. The number of carbonyl (C=O) groups is 1. The average Bonchev–Trinajstić information content (AvgIpc) is 2.91. The molecule has 1 aromatic carbocycles. The third kappa shape index (κ3) is 4.24. The molecule has 0 unspecified atom stereocenters. The zero-order valence-corrected chi connectivity index (χ0v) is 11.5. The number of ether oxygens (including phenoxy) is 2. The predicted molar refractivity (Wildman–Crippen MR) is 73.3 cm³/mol. The second-order valence-corrected chi connectivity index (χ2v) is 4.95. The fourth-order valence-electron chi connectivity index (χ4n) is 2.04. The molecular formula is C15H21NO3. The van der Waals surface area contributed by atoms with Crippen LogP contribution >= 0.6 is 0 Å². The Kier molecular flexibility index (Phi) is 4.80. The van der Waals surface area contributed by atoms with Crippen molar-refractivity contribution in [3.8, 4) is 5.75 Å². The molecule has 1 fully saturated rings. The van der Waals surface area contributed by atoms with Gasteiger partial charge in [-0.1, -0.05) is 17.7 Å². The Morgan fingerprint density at radius 3 is 2.84 bits per heavy atom. The molecule has 0 bridgehead atoms. The van der Waals surface area contributed by atoms with Crippen molar-refractivity contribution in [2.45, 2.75) is 38.9 Å². The van der Waals surface area contributed by atoms with Gasteiger partial charge in [-0.3, -0.25) is 4.79 Å². The van der Waals surface area contributed by atoms with Gasteiger partial charge in [-0.2, -0.15) is 0 Å². The number of hydrogen-bond acceptors (Lipinski definition) is 3. The van der Waals surface area contributed by atoms with Crippen LogP contribution in [0.5, 0.6) is 5.75 Å². The SMILES string of the molecule is Cc1ccc(O[C@H](C)C(=O)NC[C@H]2CCCO2)cc1. The third-order valence-corrected chi connectivity index (χ3v) is 3.23. The minimum absolute atomic E-state index is 0.101. The first kappa shape index (κ1) is 13.9. The molecule has 0 spiro atoms. The van der Waals surface area contributed by atoms with Gasteiger partial charge in [0.1, 0.15) is 5.75 Å². The monoisotopic (exact) mass is 263 g/mol. The molecule has 4 nitrogen and oxygen atoms in total. The van der Waals surface area contributed by atoms with Gasteiger partial charge in [-0.15, -0.1) is 0 Å². The first-order valence-corrected chi connectivity index (χ1v) is 6.78. The van der Waals surface area contributed by atoms with Crippen molar-refractivity contribution in [2.75, 3.05) is 13.2 Å². The summed E-state index contributed by atoms with van der Waals surface area (Å²) in [7, 11) is 0. The largest absolute Gasteiger partial charge is 0.481 e. The third-order valence-electron chi connectivity index (χ3n) is 3.23. The summed E-state index contributed by atoms with van der Waals surface area (Å²) in [6.07, 6.45) is 1.77. The lowest BCUT2D eigenvalue weighted by Crippen LogP contribution is -2.40. The van der Waals surface area contributed by atoms with E-state index in [1.165, 1.54) is 5.56 Å². The van der Waals surface area contributed by atoms with Crippen LogP contribution in [0.2, 0.25) is 0 Å². The molecule has 2 rings (SSSR count). The summed E-state index contributed by atoms with van der Waals surface area (Å²) >= 11 is 0. The Hall–Kier alpha value is -1.55. The van der Waals surface area contributed by atoms with E-state index in [9.17, 15) is 4.79 Å². The van der Waals surface area contributed by atoms with Crippen LogP contribution in [-0.4, -0.2) is 31.3 Å². The summed E-state index contributed by atoms with van der Waals surface area (Å²) in [4.78, 5) is 11.9. The molecule has 1 N–H and O–H groups in total. The molecule has 0 aromatic heterocycles. The van der Waals surface area contributed by atoms with Gasteiger partial charge in [0.05, 0.1) is 6.10 Å². The Morgan fingerprint density at radius 1 is 1.47 bits per heavy atom. The van der Waals surface area contributed by atoms with Gasteiger partial charge in [0.2, 0.25) is 0 Å². The summed E-state index contributed by atoms with van der Waals surface area (Å²) in [6.45, 7) is 5.14. The molecule has 0 aliphatic carbocycles. The Labute approximate surface area is 114 Å². The lowest BCUT2D eigenvalue weighted by atomic mass is 10.2. The summed E-state index contributed by atoms with van der Waals surface area (Å²) in [5.41, 5.74) is 1.17. The Morgan fingerprint density at radius 2 is 2.21 bits per heavy atom. The molecule has 19 heavy (non-hydrogen) atoms. The van der Waals surface area contributed by atoms with Crippen LogP contribution in [0.1, 0.15) is 25.3 Å². The maximum absolute atomic E-state index is 11.9. The van der Waals surface area contributed by atoms with Crippen molar-refractivity contribution in [3.63, 3.8) is 0 Å². The first-order valence-electron chi connectivity index (χ1n) is 6.78. The molecule has 1 aliphatic heterocycles. The number of rotatable bonds is 5. The van der Waals surface area contributed by atoms with Crippen molar-refractivity contribution in [1.29, 1.82) is 0 Å². The number of hydrogen-bond donors (Lipinski definition) is 1. The maximum Gasteiger partial charge on any atom is 0.260 e. The fraction of sp³-hybridized carbons (Fsp3) is 0.533.